The van der Waals surface area contributed by atoms with Crippen molar-refractivity contribution in [3.05, 3.63) is 29.8 Å². The minimum Gasteiger partial charge on any atom is -0.466 e. The molecule has 1 unspecified atom stereocenters. The number of piperidine rings is 1. The summed E-state index contributed by atoms with van der Waals surface area (Å²) in [5, 5.41) is 0. The maximum Gasteiger partial charge on any atom is 0.310 e. The molecule has 6 heteroatoms. The molecule has 0 aliphatic carbocycles. The summed E-state index contributed by atoms with van der Waals surface area (Å²) in [5.74, 6) is -0.454. The van der Waals surface area contributed by atoms with Gasteiger partial charge in [0, 0.05) is 32.7 Å². The van der Waals surface area contributed by atoms with Crippen LogP contribution in [0, 0.1) is 5.92 Å². The molecule has 1 fully saturated rings. The number of benzene rings is 1. The Morgan fingerprint density at radius 2 is 1.92 bits per heavy atom. The second-order valence-corrected chi connectivity index (χ2v) is 6.35. The molecule has 6 nitrogen and oxygen atoms in total. The molecule has 2 amide bonds. The Labute approximate surface area is 148 Å². The lowest BCUT2D eigenvalue weighted by Gasteiger charge is -2.31. The van der Waals surface area contributed by atoms with E-state index >= 15 is 0 Å². The summed E-state index contributed by atoms with van der Waals surface area (Å²) in [7, 11) is 1.71. The van der Waals surface area contributed by atoms with Crippen LogP contribution < -0.4 is 4.90 Å². The van der Waals surface area contributed by atoms with E-state index in [0.29, 0.717) is 26.1 Å². The molecule has 1 aliphatic rings. The number of ether oxygens (including phenoxy) is 1. The molecular formula is C19H26N2O4. The molecular weight excluding hydrogens is 320 g/mol. The highest BCUT2D eigenvalue weighted by Gasteiger charge is 2.29. The smallest absolute Gasteiger partial charge is 0.310 e. The molecule has 0 bridgehead atoms. The number of likely N-dealkylation sites (tertiary alicyclic amines) is 1. The van der Waals surface area contributed by atoms with Crippen molar-refractivity contribution in [3.63, 3.8) is 0 Å². The van der Waals surface area contributed by atoms with Crippen LogP contribution in [0.15, 0.2) is 24.3 Å². The number of hydrogen-bond donors (Lipinski definition) is 0. The monoisotopic (exact) mass is 346 g/mol. The standard InChI is InChI=1S/C19H26N2O4/c1-4-25-19(24)16-6-5-11-21(13-16)18(23)12-15-7-9-17(10-8-15)20(3)14(2)22/h7-10,16H,4-6,11-13H2,1-3H3. The summed E-state index contributed by atoms with van der Waals surface area (Å²) in [6.45, 7) is 4.78. The summed E-state index contributed by atoms with van der Waals surface area (Å²) in [6, 6.07) is 7.39. The molecule has 1 aromatic rings. The molecule has 1 atom stereocenters. The first-order valence-corrected chi connectivity index (χ1v) is 8.70. The van der Waals surface area contributed by atoms with Crippen LogP contribution in [0.5, 0.6) is 0 Å². The number of amides is 2. The van der Waals surface area contributed by atoms with E-state index in [2.05, 4.69) is 0 Å². The van der Waals surface area contributed by atoms with Gasteiger partial charge in [0.05, 0.1) is 18.9 Å². The summed E-state index contributed by atoms with van der Waals surface area (Å²) in [6.07, 6.45) is 1.88. The number of carbonyl (C=O) groups excluding carboxylic acids is 3. The number of carbonyl (C=O) groups is 3. The highest BCUT2D eigenvalue weighted by molar-refractivity contribution is 5.90. The van der Waals surface area contributed by atoms with Crippen LogP contribution in [0.4, 0.5) is 5.69 Å². The Bertz CT molecular complexity index is 627. The molecule has 0 aromatic heterocycles. The van der Waals surface area contributed by atoms with Crippen LogP contribution in [-0.2, 0) is 25.5 Å². The maximum atomic E-state index is 12.5. The second kappa shape index (κ2) is 8.65. The van der Waals surface area contributed by atoms with E-state index in [4.69, 9.17) is 4.74 Å². The molecule has 0 saturated carbocycles. The van der Waals surface area contributed by atoms with Crippen LogP contribution in [0.25, 0.3) is 0 Å². The molecule has 1 saturated heterocycles. The predicted octanol–water partition coefficient (Wildman–Crippen LogP) is 2.01. The largest absolute Gasteiger partial charge is 0.466 e. The van der Waals surface area contributed by atoms with Gasteiger partial charge in [0.1, 0.15) is 0 Å². The normalized spacial score (nSPS) is 17.1. The lowest BCUT2D eigenvalue weighted by atomic mass is 9.97. The third-order valence-corrected chi connectivity index (χ3v) is 4.55. The zero-order chi connectivity index (χ0) is 18.4. The molecule has 2 rings (SSSR count). The van der Waals surface area contributed by atoms with Crippen molar-refractivity contribution in [2.45, 2.75) is 33.1 Å². The van der Waals surface area contributed by atoms with Crippen molar-refractivity contribution in [3.8, 4) is 0 Å². The van der Waals surface area contributed by atoms with Gasteiger partial charge in [0.15, 0.2) is 0 Å². The fourth-order valence-corrected chi connectivity index (χ4v) is 2.96. The summed E-state index contributed by atoms with van der Waals surface area (Å²) >= 11 is 0. The minimum absolute atomic E-state index is 0.0154. The zero-order valence-electron chi connectivity index (χ0n) is 15.2. The van der Waals surface area contributed by atoms with Crippen molar-refractivity contribution in [2.24, 2.45) is 5.92 Å². The van der Waals surface area contributed by atoms with E-state index in [0.717, 1.165) is 24.1 Å². The molecule has 136 valence electrons. The maximum absolute atomic E-state index is 12.5. The summed E-state index contributed by atoms with van der Waals surface area (Å²) in [5.41, 5.74) is 1.69. The van der Waals surface area contributed by atoms with E-state index in [1.54, 1.807) is 23.8 Å². The van der Waals surface area contributed by atoms with Crippen LogP contribution in [0.1, 0.15) is 32.3 Å². The van der Waals surface area contributed by atoms with Crippen LogP contribution >= 0.6 is 0 Å². The average molecular weight is 346 g/mol. The van der Waals surface area contributed by atoms with Gasteiger partial charge in [0.2, 0.25) is 11.8 Å². The Balaban J connectivity index is 1.95. The Morgan fingerprint density at radius 3 is 2.52 bits per heavy atom. The van der Waals surface area contributed by atoms with Crippen molar-refractivity contribution < 1.29 is 19.1 Å². The Kier molecular flexibility index (Phi) is 6.56. The first kappa shape index (κ1) is 19.0. The Morgan fingerprint density at radius 1 is 1.24 bits per heavy atom. The lowest BCUT2D eigenvalue weighted by Crippen LogP contribution is -2.43. The van der Waals surface area contributed by atoms with Gasteiger partial charge in [-0.3, -0.25) is 14.4 Å². The lowest BCUT2D eigenvalue weighted by molar-refractivity contribution is -0.151. The van der Waals surface area contributed by atoms with E-state index in [1.165, 1.54) is 6.92 Å². The molecule has 1 aromatic carbocycles. The predicted molar refractivity (Wildman–Crippen MR) is 95.2 cm³/mol. The topological polar surface area (TPSA) is 66.9 Å². The second-order valence-electron chi connectivity index (χ2n) is 6.35. The van der Waals surface area contributed by atoms with Crippen LogP contribution in [0.3, 0.4) is 0 Å². The molecule has 0 spiro atoms. The van der Waals surface area contributed by atoms with Crippen LogP contribution in [-0.4, -0.2) is 49.4 Å². The summed E-state index contributed by atoms with van der Waals surface area (Å²) < 4.78 is 5.07. The fraction of sp³-hybridized carbons (Fsp3) is 0.526. The number of esters is 1. The first-order chi connectivity index (χ1) is 11.9. The quantitative estimate of drug-likeness (QED) is 0.765. The number of rotatable bonds is 5. The van der Waals surface area contributed by atoms with Gasteiger partial charge in [-0.1, -0.05) is 12.1 Å². The van der Waals surface area contributed by atoms with Gasteiger partial charge in [-0.15, -0.1) is 0 Å². The fourth-order valence-electron chi connectivity index (χ4n) is 2.96. The molecule has 1 heterocycles. The third kappa shape index (κ3) is 5.05. The first-order valence-electron chi connectivity index (χ1n) is 8.70. The van der Waals surface area contributed by atoms with Gasteiger partial charge in [0.25, 0.3) is 0 Å². The van der Waals surface area contributed by atoms with Crippen molar-refractivity contribution in [1.82, 2.24) is 4.90 Å². The van der Waals surface area contributed by atoms with Gasteiger partial charge in [-0.05, 0) is 37.5 Å². The van der Waals surface area contributed by atoms with Crippen molar-refractivity contribution in [1.29, 1.82) is 0 Å². The average Bonchev–Trinajstić information content (AvgIpc) is 2.62. The summed E-state index contributed by atoms with van der Waals surface area (Å²) in [4.78, 5) is 39.1. The molecule has 0 radical (unpaired) electrons. The van der Waals surface area contributed by atoms with E-state index < -0.39 is 0 Å². The van der Waals surface area contributed by atoms with Crippen molar-refractivity contribution in [2.75, 3.05) is 31.6 Å². The highest BCUT2D eigenvalue weighted by atomic mass is 16.5. The van der Waals surface area contributed by atoms with Gasteiger partial charge >= 0.3 is 5.97 Å². The number of nitrogens with zero attached hydrogens (tertiary/aromatic N) is 2. The van der Waals surface area contributed by atoms with Crippen molar-refractivity contribution >= 4 is 23.5 Å². The minimum atomic E-state index is -0.218. The molecule has 1 aliphatic heterocycles. The molecule has 25 heavy (non-hydrogen) atoms. The van der Waals surface area contributed by atoms with Gasteiger partial charge in [-0.25, -0.2) is 0 Å². The van der Waals surface area contributed by atoms with E-state index in [1.807, 2.05) is 24.3 Å². The number of anilines is 1. The Hall–Kier alpha value is -2.37. The van der Waals surface area contributed by atoms with Gasteiger partial charge in [-0.2, -0.15) is 0 Å². The molecule has 0 N–H and O–H groups in total. The highest BCUT2D eigenvalue weighted by Crippen LogP contribution is 2.20. The third-order valence-electron chi connectivity index (χ3n) is 4.55. The van der Waals surface area contributed by atoms with Crippen LogP contribution in [0.2, 0.25) is 0 Å². The number of hydrogen-bond acceptors (Lipinski definition) is 4. The zero-order valence-corrected chi connectivity index (χ0v) is 15.2. The van der Waals surface area contributed by atoms with E-state index in [-0.39, 0.29) is 23.7 Å². The SMILES string of the molecule is CCOC(=O)C1CCCN(C(=O)Cc2ccc(N(C)C(C)=O)cc2)C1. The van der Waals surface area contributed by atoms with Gasteiger partial charge < -0.3 is 14.5 Å². The van der Waals surface area contributed by atoms with E-state index in [9.17, 15) is 14.4 Å².